The normalized spacial score (nSPS) is 29.7. The van der Waals surface area contributed by atoms with Crippen molar-refractivity contribution < 1.29 is 9.59 Å². The molecule has 114 valence electrons. The molecule has 0 aromatic rings. The summed E-state index contributed by atoms with van der Waals surface area (Å²) < 4.78 is 0. The van der Waals surface area contributed by atoms with Gasteiger partial charge >= 0.3 is 0 Å². The van der Waals surface area contributed by atoms with E-state index in [1.54, 1.807) is 4.90 Å². The van der Waals surface area contributed by atoms with Gasteiger partial charge in [-0.15, -0.1) is 0 Å². The molecule has 3 N–H and O–H groups in total. The number of carbonyl (C=O) groups excluding carboxylic acids is 2. The topological polar surface area (TPSA) is 75.4 Å². The van der Waals surface area contributed by atoms with Gasteiger partial charge in [-0.25, -0.2) is 0 Å². The number of carbonyl (C=O) groups is 2. The number of nitrogens with two attached hydrogens (primary N) is 1. The molecule has 20 heavy (non-hydrogen) atoms. The van der Waals surface area contributed by atoms with E-state index in [4.69, 9.17) is 5.73 Å². The van der Waals surface area contributed by atoms with Gasteiger partial charge in [0.15, 0.2) is 0 Å². The highest BCUT2D eigenvalue weighted by Gasteiger charge is 2.36. The van der Waals surface area contributed by atoms with Gasteiger partial charge in [-0.05, 0) is 44.6 Å². The molecular weight excluding hydrogens is 254 g/mol. The number of nitrogens with one attached hydrogen (secondary N) is 1. The van der Waals surface area contributed by atoms with Crippen LogP contribution in [0.5, 0.6) is 0 Å². The van der Waals surface area contributed by atoms with E-state index in [1.165, 1.54) is 0 Å². The molecule has 1 aliphatic carbocycles. The lowest BCUT2D eigenvalue weighted by Crippen LogP contribution is -2.50. The first kappa shape index (κ1) is 15.3. The van der Waals surface area contributed by atoms with E-state index in [0.717, 1.165) is 45.1 Å². The summed E-state index contributed by atoms with van der Waals surface area (Å²) in [6.07, 6.45) is 6.35. The average Bonchev–Trinajstić information content (AvgIpc) is 3.07. The van der Waals surface area contributed by atoms with Crippen molar-refractivity contribution in [2.75, 3.05) is 13.1 Å². The van der Waals surface area contributed by atoms with Crippen molar-refractivity contribution >= 4 is 11.8 Å². The van der Waals surface area contributed by atoms with Crippen molar-refractivity contribution in [3.05, 3.63) is 0 Å². The molecule has 2 amide bonds. The van der Waals surface area contributed by atoms with Crippen LogP contribution >= 0.6 is 0 Å². The molecule has 0 radical (unpaired) electrons. The molecule has 5 nitrogen and oxygen atoms in total. The van der Waals surface area contributed by atoms with E-state index in [9.17, 15) is 9.59 Å². The number of hydrogen-bond acceptors (Lipinski definition) is 3. The van der Waals surface area contributed by atoms with Crippen molar-refractivity contribution in [1.82, 2.24) is 10.2 Å². The SMILES string of the molecule is CCCC(=O)N1CCCC1C(=O)NC1CCCC1CN. The predicted octanol–water partition coefficient (Wildman–Crippen LogP) is 1.02. The Morgan fingerprint density at radius 3 is 2.75 bits per heavy atom. The lowest BCUT2D eigenvalue weighted by molar-refractivity contribution is -0.138. The van der Waals surface area contributed by atoms with E-state index in [1.807, 2.05) is 6.92 Å². The van der Waals surface area contributed by atoms with Crippen molar-refractivity contribution in [3.8, 4) is 0 Å². The van der Waals surface area contributed by atoms with Gasteiger partial charge < -0.3 is 16.0 Å². The predicted molar refractivity (Wildman–Crippen MR) is 78.0 cm³/mol. The lowest BCUT2D eigenvalue weighted by atomic mass is 10.0. The zero-order valence-corrected chi connectivity index (χ0v) is 12.4. The third kappa shape index (κ3) is 3.32. The minimum absolute atomic E-state index is 0.0253. The Morgan fingerprint density at radius 1 is 1.25 bits per heavy atom. The van der Waals surface area contributed by atoms with Crippen LogP contribution < -0.4 is 11.1 Å². The second-order valence-corrected chi connectivity index (χ2v) is 6.04. The van der Waals surface area contributed by atoms with Gasteiger partial charge in [0.05, 0.1) is 0 Å². The largest absolute Gasteiger partial charge is 0.351 e. The summed E-state index contributed by atoms with van der Waals surface area (Å²) in [5.41, 5.74) is 5.75. The van der Waals surface area contributed by atoms with Gasteiger partial charge in [0.25, 0.3) is 0 Å². The number of likely N-dealkylation sites (tertiary alicyclic amines) is 1. The highest BCUT2D eigenvalue weighted by Crippen LogP contribution is 2.26. The molecule has 5 heteroatoms. The second kappa shape index (κ2) is 7.07. The van der Waals surface area contributed by atoms with Crippen LogP contribution in [0.25, 0.3) is 0 Å². The quantitative estimate of drug-likeness (QED) is 0.790. The van der Waals surface area contributed by atoms with Crippen molar-refractivity contribution in [3.63, 3.8) is 0 Å². The Bertz CT molecular complexity index is 359. The van der Waals surface area contributed by atoms with E-state index in [-0.39, 0.29) is 23.9 Å². The van der Waals surface area contributed by atoms with Gasteiger partial charge in [-0.1, -0.05) is 13.3 Å². The van der Waals surface area contributed by atoms with Crippen molar-refractivity contribution in [2.45, 2.75) is 64.0 Å². The van der Waals surface area contributed by atoms with Crippen molar-refractivity contribution in [1.29, 1.82) is 0 Å². The fraction of sp³-hybridized carbons (Fsp3) is 0.867. The maximum Gasteiger partial charge on any atom is 0.243 e. The van der Waals surface area contributed by atoms with Crippen LogP contribution in [0.4, 0.5) is 0 Å². The number of rotatable bonds is 5. The Kier molecular flexibility index (Phi) is 5.40. The van der Waals surface area contributed by atoms with Crippen LogP contribution in [0.3, 0.4) is 0 Å². The van der Waals surface area contributed by atoms with Crippen LogP contribution in [0.15, 0.2) is 0 Å². The van der Waals surface area contributed by atoms with Gasteiger partial charge in [-0.3, -0.25) is 9.59 Å². The number of amides is 2. The fourth-order valence-electron chi connectivity index (χ4n) is 3.48. The standard InChI is InChI=1S/C15H27N3O2/c1-2-5-14(19)18-9-4-8-13(18)15(20)17-12-7-3-6-11(12)10-16/h11-13H,2-10,16H2,1H3,(H,17,20). The molecule has 2 fully saturated rings. The van der Waals surface area contributed by atoms with Crippen LogP contribution in [-0.2, 0) is 9.59 Å². The van der Waals surface area contributed by atoms with Crippen molar-refractivity contribution in [2.24, 2.45) is 11.7 Å². The van der Waals surface area contributed by atoms with Gasteiger partial charge in [0, 0.05) is 19.0 Å². The molecule has 1 saturated heterocycles. The smallest absolute Gasteiger partial charge is 0.243 e. The molecule has 0 aromatic carbocycles. The molecule has 1 heterocycles. The minimum atomic E-state index is -0.256. The summed E-state index contributed by atoms with van der Waals surface area (Å²) in [4.78, 5) is 26.2. The fourth-order valence-corrected chi connectivity index (χ4v) is 3.48. The minimum Gasteiger partial charge on any atom is -0.351 e. The molecule has 3 unspecified atom stereocenters. The zero-order chi connectivity index (χ0) is 14.5. The maximum absolute atomic E-state index is 12.4. The molecule has 2 rings (SSSR count). The lowest BCUT2D eigenvalue weighted by Gasteiger charge is -2.27. The summed E-state index contributed by atoms with van der Waals surface area (Å²) >= 11 is 0. The highest BCUT2D eigenvalue weighted by molar-refractivity contribution is 5.88. The van der Waals surface area contributed by atoms with E-state index in [0.29, 0.717) is 18.9 Å². The Hall–Kier alpha value is -1.10. The third-order valence-electron chi connectivity index (χ3n) is 4.63. The van der Waals surface area contributed by atoms with Gasteiger partial charge in [-0.2, -0.15) is 0 Å². The van der Waals surface area contributed by atoms with E-state index in [2.05, 4.69) is 5.32 Å². The summed E-state index contributed by atoms with van der Waals surface area (Å²) in [7, 11) is 0. The Balaban J connectivity index is 1.92. The van der Waals surface area contributed by atoms with Gasteiger partial charge in [0.1, 0.15) is 6.04 Å². The monoisotopic (exact) mass is 281 g/mol. The maximum atomic E-state index is 12.4. The van der Waals surface area contributed by atoms with Crippen LogP contribution in [-0.4, -0.2) is 41.9 Å². The first-order chi connectivity index (χ1) is 9.67. The summed E-state index contributed by atoms with van der Waals surface area (Å²) in [6.45, 7) is 3.35. The molecule has 1 aliphatic heterocycles. The van der Waals surface area contributed by atoms with E-state index >= 15 is 0 Å². The first-order valence-corrected chi connectivity index (χ1v) is 7.97. The number of hydrogen-bond donors (Lipinski definition) is 2. The highest BCUT2D eigenvalue weighted by atomic mass is 16.2. The zero-order valence-electron chi connectivity index (χ0n) is 12.4. The molecule has 3 atom stereocenters. The molecule has 0 spiro atoms. The number of nitrogens with zero attached hydrogens (tertiary/aromatic N) is 1. The Morgan fingerprint density at radius 2 is 2.05 bits per heavy atom. The Labute approximate surface area is 121 Å². The van der Waals surface area contributed by atoms with Crippen LogP contribution in [0.1, 0.15) is 51.9 Å². The first-order valence-electron chi connectivity index (χ1n) is 7.97. The molecule has 0 aromatic heterocycles. The van der Waals surface area contributed by atoms with Gasteiger partial charge in [0.2, 0.25) is 11.8 Å². The molecule has 0 bridgehead atoms. The second-order valence-electron chi connectivity index (χ2n) is 6.04. The summed E-state index contributed by atoms with van der Waals surface area (Å²) in [5.74, 6) is 0.546. The summed E-state index contributed by atoms with van der Waals surface area (Å²) in [5, 5.41) is 3.14. The molecular formula is C15H27N3O2. The van der Waals surface area contributed by atoms with E-state index < -0.39 is 0 Å². The van der Waals surface area contributed by atoms with Crippen LogP contribution in [0.2, 0.25) is 0 Å². The third-order valence-corrected chi connectivity index (χ3v) is 4.63. The molecule has 1 saturated carbocycles. The average molecular weight is 281 g/mol. The van der Waals surface area contributed by atoms with Crippen LogP contribution in [0, 0.1) is 5.92 Å². The molecule has 2 aliphatic rings. The summed E-state index contributed by atoms with van der Waals surface area (Å²) in [6, 6.07) is -0.0516.